The third kappa shape index (κ3) is 4.56. The van der Waals surface area contributed by atoms with Crippen molar-refractivity contribution in [3.05, 3.63) is 59.7 Å². The van der Waals surface area contributed by atoms with Gasteiger partial charge in [-0.15, -0.1) is 5.10 Å². The maximum absolute atomic E-state index is 12.1. The first kappa shape index (κ1) is 16.5. The molecule has 2 aromatic rings. The van der Waals surface area contributed by atoms with E-state index >= 15 is 0 Å². The summed E-state index contributed by atoms with van der Waals surface area (Å²) in [6, 6.07) is 15.0. The van der Waals surface area contributed by atoms with Crippen LogP contribution in [0, 0.1) is 18.3 Å². The summed E-state index contributed by atoms with van der Waals surface area (Å²) in [5, 5.41) is 12.7. The van der Waals surface area contributed by atoms with E-state index in [2.05, 4.69) is 10.5 Å². The van der Waals surface area contributed by atoms with Crippen LogP contribution in [-0.2, 0) is 14.3 Å². The van der Waals surface area contributed by atoms with E-state index in [1.54, 1.807) is 36.4 Å². The summed E-state index contributed by atoms with van der Waals surface area (Å²) in [7, 11) is -3.92. The van der Waals surface area contributed by atoms with Gasteiger partial charge in [0.25, 0.3) is 0 Å². The van der Waals surface area contributed by atoms with Gasteiger partial charge in [-0.1, -0.05) is 23.8 Å². The summed E-state index contributed by atoms with van der Waals surface area (Å²) >= 11 is 0. The number of aryl methyl sites for hydroxylation is 1. The fourth-order valence-corrected chi connectivity index (χ4v) is 2.65. The van der Waals surface area contributed by atoms with Crippen molar-refractivity contribution < 1.29 is 12.6 Å². The largest absolute Gasteiger partial charge is 0.362 e. The molecular weight excluding hydrogens is 314 g/mol. The molecule has 0 aliphatic carbocycles. The van der Waals surface area contributed by atoms with Gasteiger partial charge in [0.15, 0.2) is 0 Å². The van der Waals surface area contributed by atoms with Crippen molar-refractivity contribution in [3.8, 4) is 6.07 Å². The van der Waals surface area contributed by atoms with E-state index in [4.69, 9.17) is 9.44 Å². The number of hydrazone groups is 1. The van der Waals surface area contributed by atoms with Crippen LogP contribution in [0.1, 0.15) is 18.1 Å². The molecule has 0 spiro atoms. The number of hydrogen-bond acceptors (Lipinski definition) is 6. The van der Waals surface area contributed by atoms with Crippen LogP contribution in [0.2, 0.25) is 0 Å². The lowest BCUT2D eigenvalue weighted by atomic mass is 10.2. The first-order valence-electron chi connectivity index (χ1n) is 6.72. The van der Waals surface area contributed by atoms with Crippen LogP contribution in [0.5, 0.6) is 0 Å². The summed E-state index contributed by atoms with van der Waals surface area (Å²) < 4.78 is 29.1. The van der Waals surface area contributed by atoms with Gasteiger partial charge < -0.3 is 4.18 Å². The number of nitrogens with zero attached hydrogens (tertiary/aromatic N) is 2. The van der Waals surface area contributed by atoms with Gasteiger partial charge in [0.1, 0.15) is 4.90 Å². The lowest BCUT2D eigenvalue weighted by Gasteiger charge is -2.07. The number of anilines is 1. The van der Waals surface area contributed by atoms with Crippen LogP contribution in [0.15, 0.2) is 58.5 Å². The number of nitrogens with one attached hydrogen (secondary N) is 1. The van der Waals surface area contributed by atoms with Crippen LogP contribution in [0.4, 0.5) is 5.69 Å². The second kappa shape index (κ2) is 6.94. The van der Waals surface area contributed by atoms with Gasteiger partial charge in [-0.3, -0.25) is 5.43 Å². The summed E-state index contributed by atoms with van der Waals surface area (Å²) in [5.41, 5.74) is 4.63. The van der Waals surface area contributed by atoms with Crippen molar-refractivity contribution in [2.75, 3.05) is 5.43 Å². The highest BCUT2D eigenvalue weighted by molar-refractivity contribution is 7.87. The molecule has 0 saturated heterocycles. The Morgan fingerprint density at radius 1 is 1.22 bits per heavy atom. The zero-order valence-electron chi connectivity index (χ0n) is 12.6. The van der Waals surface area contributed by atoms with Crippen LogP contribution >= 0.6 is 0 Å². The standard InChI is InChI=1S/C16H15N3O3S/c1-12-6-8-16(9-7-12)23(20,21)22-13(2)18-19-15-5-3-4-14(10-15)11-17/h3-10,19H,1-2H3. The van der Waals surface area contributed by atoms with Gasteiger partial charge in [-0.25, -0.2) is 0 Å². The Kier molecular flexibility index (Phi) is 4.98. The Morgan fingerprint density at radius 2 is 1.91 bits per heavy atom. The number of rotatable bonds is 4. The quantitative estimate of drug-likeness (QED) is 0.403. The number of nitriles is 1. The predicted octanol–water partition coefficient (Wildman–Crippen LogP) is 3.02. The molecule has 0 amide bonds. The summed E-state index contributed by atoms with van der Waals surface area (Å²) in [6.07, 6.45) is 0. The maximum Gasteiger partial charge on any atom is 0.340 e. The van der Waals surface area contributed by atoms with Gasteiger partial charge in [-0.2, -0.15) is 13.7 Å². The van der Waals surface area contributed by atoms with E-state index in [0.717, 1.165) is 5.56 Å². The van der Waals surface area contributed by atoms with Crippen LogP contribution < -0.4 is 5.43 Å². The van der Waals surface area contributed by atoms with Gasteiger partial charge in [0.2, 0.25) is 5.90 Å². The molecule has 0 aromatic heterocycles. The molecule has 118 valence electrons. The third-order valence-corrected chi connectivity index (χ3v) is 4.18. The lowest BCUT2D eigenvalue weighted by molar-refractivity contribution is 0.479. The topological polar surface area (TPSA) is 91.5 Å². The molecule has 0 unspecified atom stereocenters. The monoisotopic (exact) mass is 329 g/mol. The van der Waals surface area contributed by atoms with Crippen molar-refractivity contribution in [2.24, 2.45) is 5.10 Å². The molecule has 0 bridgehead atoms. The van der Waals surface area contributed by atoms with E-state index in [1.165, 1.54) is 19.1 Å². The highest BCUT2D eigenvalue weighted by Crippen LogP contribution is 2.14. The van der Waals surface area contributed by atoms with Crippen LogP contribution in [0.3, 0.4) is 0 Å². The fourth-order valence-electron chi connectivity index (χ4n) is 1.73. The second-order valence-corrected chi connectivity index (χ2v) is 6.33. The molecule has 7 heteroatoms. The average Bonchev–Trinajstić information content (AvgIpc) is 2.53. The summed E-state index contributed by atoms with van der Waals surface area (Å²) in [5.74, 6) is -0.0621. The molecule has 0 aliphatic heterocycles. The van der Waals surface area contributed by atoms with E-state index in [-0.39, 0.29) is 10.8 Å². The zero-order chi connectivity index (χ0) is 16.9. The van der Waals surface area contributed by atoms with E-state index in [1.807, 2.05) is 13.0 Å². The second-order valence-electron chi connectivity index (χ2n) is 4.79. The molecule has 23 heavy (non-hydrogen) atoms. The Labute approximate surface area is 135 Å². The average molecular weight is 329 g/mol. The van der Waals surface area contributed by atoms with Crippen LogP contribution in [0.25, 0.3) is 0 Å². The SMILES string of the molecule is CC(=NNc1cccc(C#N)c1)OS(=O)(=O)c1ccc(C)cc1. The van der Waals surface area contributed by atoms with Crippen molar-refractivity contribution >= 4 is 21.7 Å². The lowest BCUT2D eigenvalue weighted by Crippen LogP contribution is -2.12. The first-order chi connectivity index (χ1) is 10.9. The minimum atomic E-state index is -3.92. The molecule has 0 saturated carbocycles. The van der Waals surface area contributed by atoms with Crippen molar-refractivity contribution in [3.63, 3.8) is 0 Å². The Balaban J connectivity index is 2.09. The van der Waals surface area contributed by atoms with Gasteiger partial charge in [0, 0.05) is 6.92 Å². The molecule has 0 fully saturated rings. The molecule has 0 aliphatic rings. The highest BCUT2D eigenvalue weighted by Gasteiger charge is 2.16. The fraction of sp³-hybridized carbons (Fsp3) is 0.125. The molecule has 1 N–H and O–H groups in total. The Morgan fingerprint density at radius 3 is 2.57 bits per heavy atom. The summed E-state index contributed by atoms with van der Waals surface area (Å²) in [4.78, 5) is 0.0594. The smallest absolute Gasteiger partial charge is 0.340 e. The van der Waals surface area contributed by atoms with Crippen molar-refractivity contribution in [1.29, 1.82) is 5.26 Å². The highest BCUT2D eigenvalue weighted by atomic mass is 32.2. The first-order valence-corrected chi connectivity index (χ1v) is 8.13. The Hall–Kier alpha value is -2.85. The van der Waals surface area contributed by atoms with Crippen LogP contribution in [-0.4, -0.2) is 14.3 Å². The van der Waals surface area contributed by atoms with E-state index in [9.17, 15) is 8.42 Å². The minimum Gasteiger partial charge on any atom is -0.362 e. The maximum atomic E-state index is 12.1. The number of benzene rings is 2. The van der Waals surface area contributed by atoms with E-state index in [0.29, 0.717) is 11.3 Å². The molecule has 6 nitrogen and oxygen atoms in total. The molecular formula is C16H15N3O3S. The van der Waals surface area contributed by atoms with Gasteiger partial charge in [-0.05, 0) is 37.3 Å². The molecule has 0 atom stereocenters. The normalized spacial score (nSPS) is 11.6. The van der Waals surface area contributed by atoms with Crippen molar-refractivity contribution in [1.82, 2.24) is 0 Å². The summed E-state index contributed by atoms with van der Waals surface area (Å²) in [6.45, 7) is 3.29. The van der Waals surface area contributed by atoms with Gasteiger partial charge in [0.05, 0.1) is 17.3 Å². The predicted molar refractivity (Wildman–Crippen MR) is 87.3 cm³/mol. The minimum absolute atomic E-state index is 0.0594. The molecule has 2 rings (SSSR count). The van der Waals surface area contributed by atoms with E-state index < -0.39 is 10.1 Å². The zero-order valence-corrected chi connectivity index (χ0v) is 13.5. The Bertz CT molecular complexity index is 866. The van der Waals surface area contributed by atoms with Crippen molar-refractivity contribution in [2.45, 2.75) is 18.7 Å². The molecule has 0 radical (unpaired) electrons. The third-order valence-electron chi connectivity index (χ3n) is 2.87. The molecule has 0 heterocycles. The molecule has 2 aromatic carbocycles. The number of hydrogen-bond donors (Lipinski definition) is 1. The van der Waals surface area contributed by atoms with Gasteiger partial charge >= 0.3 is 10.1 Å².